The number of nitrogens with zero attached hydrogens (tertiary/aromatic N) is 4. The van der Waals surface area contributed by atoms with Gasteiger partial charge in [-0.15, -0.1) is 5.06 Å². The Kier molecular flexibility index (Phi) is 23.5. The molecule has 0 unspecified atom stereocenters. The molecule has 0 spiro atoms. The number of hydroxylamine groups is 2. The average Bonchev–Trinajstić information content (AvgIpc) is 3.98. The van der Waals surface area contributed by atoms with Gasteiger partial charge in [0, 0.05) is 53.0 Å². The second-order valence-corrected chi connectivity index (χ2v) is 20.4. The normalized spacial score (nSPS) is 18.6. The largest absolute Gasteiger partial charge is 0.459 e. The van der Waals surface area contributed by atoms with Crippen LogP contribution in [-0.4, -0.2) is 151 Å². The van der Waals surface area contributed by atoms with Crippen LogP contribution in [-0.2, 0) is 64.0 Å². The molecule has 2 aliphatic heterocycles. The molecule has 4 rings (SSSR count). The number of benzene rings is 2. The topological polar surface area (TPSA) is 210 Å². The third-order valence-corrected chi connectivity index (χ3v) is 14.6. The smallest absolute Gasteiger partial charge is 0.333 e. The highest BCUT2D eigenvalue weighted by atomic mass is 16.7. The Morgan fingerprint density at radius 3 is 1.95 bits per heavy atom. The molecule has 73 heavy (non-hydrogen) atoms. The van der Waals surface area contributed by atoms with Crippen molar-refractivity contribution in [2.75, 3.05) is 41.4 Å². The first-order chi connectivity index (χ1) is 34.7. The molecule has 6 amide bonds. The van der Waals surface area contributed by atoms with Gasteiger partial charge in [-0.05, 0) is 61.7 Å². The highest BCUT2D eigenvalue weighted by molar-refractivity contribution is 6.01. The number of amides is 6. The van der Waals surface area contributed by atoms with E-state index in [1.165, 1.54) is 14.2 Å². The van der Waals surface area contributed by atoms with Gasteiger partial charge in [0.25, 0.3) is 11.8 Å². The third-order valence-electron chi connectivity index (χ3n) is 14.6. The van der Waals surface area contributed by atoms with Crippen LogP contribution in [0, 0.1) is 23.7 Å². The predicted molar refractivity (Wildman–Crippen MR) is 274 cm³/mol. The van der Waals surface area contributed by atoms with Crippen molar-refractivity contribution < 1.29 is 57.4 Å². The molecular formula is C55H82N6O12. The van der Waals surface area contributed by atoms with Crippen molar-refractivity contribution in [3.8, 4) is 0 Å². The van der Waals surface area contributed by atoms with Gasteiger partial charge >= 0.3 is 11.9 Å². The molecular weight excluding hydrogens is 937 g/mol. The van der Waals surface area contributed by atoms with Crippen LogP contribution in [0.4, 0.5) is 0 Å². The Morgan fingerprint density at radius 1 is 0.781 bits per heavy atom. The molecule has 18 nitrogen and oxygen atoms in total. The van der Waals surface area contributed by atoms with E-state index in [4.69, 9.17) is 19.0 Å². The van der Waals surface area contributed by atoms with E-state index < -0.39 is 83.9 Å². The molecule has 2 heterocycles. The molecule has 2 N–H and O–H groups in total. The number of likely N-dealkylation sites (tertiary alicyclic amines) is 1. The second kappa shape index (κ2) is 28.7. The summed E-state index contributed by atoms with van der Waals surface area (Å²) in [6.07, 6.45) is 0.555. The zero-order chi connectivity index (χ0) is 54.1. The fourth-order valence-corrected chi connectivity index (χ4v) is 10.1. The van der Waals surface area contributed by atoms with Crippen LogP contribution >= 0.6 is 0 Å². The highest BCUT2D eigenvalue weighted by Gasteiger charge is 2.44. The van der Waals surface area contributed by atoms with E-state index in [-0.39, 0.29) is 74.2 Å². The van der Waals surface area contributed by atoms with Crippen LogP contribution in [0.5, 0.6) is 0 Å². The summed E-state index contributed by atoms with van der Waals surface area (Å²) in [5.41, 5.74) is 1.66. The van der Waals surface area contributed by atoms with E-state index >= 15 is 0 Å². The number of esters is 1. The zero-order valence-electron chi connectivity index (χ0n) is 45.2. The van der Waals surface area contributed by atoms with Gasteiger partial charge in [0.1, 0.15) is 18.7 Å². The standard InChI is InChI=1S/C55H82N6O12/c1-13-36(6)50(59(10)54(68)47(34(2)3)56-53(67)49(35(4)5)58(9)30-21-27-46(65)73-61-43(62)28-29-44(61)63)42(70-11)32-45(64)60-31-20-26-41(60)51(71-12)38(8)52(66)57-48(37(7)40-24-18-15-19-25-40)55(69)72-33-39-22-16-14-17-23-39/h14-19,22-25,34-38,41-42,47-51H,13,20-21,26-33H2,1-12H3,(H,56,67)(H,57,66)/t36-,37-,38+,41-,42+,47-,48-,49-,50-,51+/m0/s1. The number of hydrogen-bond acceptors (Lipinski definition) is 13. The van der Waals surface area contributed by atoms with Crippen LogP contribution < -0.4 is 10.6 Å². The minimum absolute atomic E-state index is 0.00368. The van der Waals surface area contributed by atoms with Crippen molar-refractivity contribution in [3.05, 3.63) is 71.8 Å². The summed E-state index contributed by atoms with van der Waals surface area (Å²) < 4.78 is 17.9. The molecule has 2 aromatic carbocycles. The number of nitrogens with one attached hydrogen (secondary N) is 2. The molecule has 0 bridgehead atoms. The summed E-state index contributed by atoms with van der Waals surface area (Å²) in [5, 5.41) is 6.53. The molecule has 18 heteroatoms. The quantitative estimate of drug-likeness (QED) is 0.0807. The van der Waals surface area contributed by atoms with Gasteiger partial charge in [-0.2, -0.15) is 0 Å². The number of imide groups is 1. The lowest BCUT2D eigenvalue weighted by atomic mass is 9.89. The van der Waals surface area contributed by atoms with E-state index in [9.17, 15) is 38.4 Å². The first-order valence-corrected chi connectivity index (χ1v) is 25.9. The summed E-state index contributed by atoms with van der Waals surface area (Å²) in [7, 11) is 6.46. The summed E-state index contributed by atoms with van der Waals surface area (Å²) in [6.45, 7) is 15.9. The van der Waals surface area contributed by atoms with E-state index in [0.717, 1.165) is 11.1 Å². The Labute approximate surface area is 432 Å². The molecule has 0 radical (unpaired) electrons. The number of hydrogen-bond donors (Lipinski definition) is 2. The third kappa shape index (κ3) is 16.1. The molecule has 404 valence electrons. The molecule has 2 aromatic rings. The van der Waals surface area contributed by atoms with Crippen molar-refractivity contribution in [1.82, 2.24) is 30.4 Å². The Balaban J connectivity index is 1.45. The van der Waals surface area contributed by atoms with Gasteiger partial charge in [0.15, 0.2) is 0 Å². The Bertz CT molecular complexity index is 2140. The van der Waals surface area contributed by atoms with Gasteiger partial charge in [-0.1, -0.05) is 122 Å². The summed E-state index contributed by atoms with van der Waals surface area (Å²) in [4.78, 5) is 118. The monoisotopic (exact) mass is 1020 g/mol. The van der Waals surface area contributed by atoms with Gasteiger partial charge in [0.2, 0.25) is 23.6 Å². The first kappa shape index (κ1) is 59.8. The lowest BCUT2D eigenvalue weighted by Gasteiger charge is -2.41. The molecule has 10 atom stereocenters. The van der Waals surface area contributed by atoms with E-state index in [1.54, 1.807) is 35.7 Å². The van der Waals surface area contributed by atoms with Crippen molar-refractivity contribution >= 4 is 47.4 Å². The van der Waals surface area contributed by atoms with Crippen molar-refractivity contribution in [3.63, 3.8) is 0 Å². The van der Waals surface area contributed by atoms with Crippen LogP contribution in [0.15, 0.2) is 60.7 Å². The van der Waals surface area contributed by atoms with Crippen molar-refractivity contribution in [2.45, 2.75) is 162 Å². The Hall–Kier alpha value is -5.72. The van der Waals surface area contributed by atoms with Gasteiger partial charge in [-0.25, -0.2) is 9.59 Å². The minimum Gasteiger partial charge on any atom is -0.459 e. The highest BCUT2D eigenvalue weighted by Crippen LogP contribution is 2.31. The van der Waals surface area contributed by atoms with E-state index in [2.05, 4.69) is 10.6 Å². The zero-order valence-corrected chi connectivity index (χ0v) is 45.2. The molecule has 2 fully saturated rings. The van der Waals surface area contributed by atoms with Crippen molar-refractivity contribution in [1.29, 1.82) is 0 Å². The number of methoxy groups -OCH3 is 2. The minimum atomic E-state index is -1.01. The molecule has 0 saturated carbocycles. The number of rotatable bonds is 28. The van der Waals surface area contributed by atoms with Gasteiger partial charge in [-0.3, -0.25) is 33.7 Å². The predicted octanol–water partition coefficient (Wildman–Crippen LogP) is 5.42. The molecule has 0 aromatic heterocycles. The number of carbonyl (C=O) groups excluding carboxylic acids is 8. The molecule has 2 aliphatic rings. The van der Waals surface area contributed by atoms with Crippen LogP contribution in [0.3, 0.4) is 0 Å². The first-order valence-electron chi connectivity index (χ1n) is 25.9. The summed E-state index contributed by atoms with van der Waals surface area (Å²) in [5.74, 6) is -5.63. The maximum Gasteiger partial charge on any atom is 0.333 e. The van der Waals surface area contributed by atoms with Crippen LogP contribution in [0.25, 0.3) is 0 Å². The number of ether oxygens (including phenoxy) is 3. The van der Waals surface area contributed by atoms with Crippen LogP contribution in [0.2, 0.25) is 0 Å². The molecule has 0 aliphatic carbocycles. The fraction of sp³-hybridized carbons (Fsp3) is 0.636. The number of likely N-dealkylation sites (N-methyl/N-ethyl adjacent to an activating group) is 2. The van der Waals surface area contributed by atoms with Crippen LogP contribution in [0.1, 0.15) is 124 Å². The average molecular weight is 1020 g/mol. The number of carbonyl (C=O) groups is 8. The van der Waals surface area contributed by atoms with Gasteiger partial charge < -0.3 is 39.5 Å². The van der Waals surface area contributed by atoms with E-state index in [0.29, 0.717) is 37.4 Å². The Morgan fingerprint density at radius 2 is 1.38 bits per heavy atom. The van der Waals surface area contributed by atoms with Gasteiger partial charge in [0.05, 0.1) is 42.7 Å². The summed E-state index contributed by atoms with van der Waals surface area (Å²) >= 11 is 0. The lowest BCUT2D eigenvalue weighted by molar-refractivity contribution is -0.197. The van der Waals surface area contributed by atoms with E-state index in [1.807, 2.05) is 109 Å². The lowest BCUT2D eigenvalue weighted by Crippen LogP contribution is -2.60. The SMILES string of the molecule is CC[C@H](C)[C@@H]([C@@H](CC(=O)N1CCC[C@H]1[C@H](OC)[C@@H](C)C(=O)N[C@H](C(=O)OCc1ccccc1)[C@@H](C)c1ccccc1)OC)N(C)C(=O)[C@@H](NC(=O)[C@H](C(C)C)N(C)CCCC(=O)ON1C(=O)CCC1=O)C(C)C. The second-order valence-electron chi connectivity index (χ2n) is 20.4. The maximum atomic E-state index is 14.7. The molecule has 2 saturated heterocycles. The maximum absolute atomic E-state index is 14.7. The van der Waals surface area contributed by atoms with Crippen molar-refractivity contribution in [2.24, 2.45) is 23.7 Å². The summed E-state index contributed by atoms with van der Waals surface area (Å²) in [6, 6.07) is 15.1. The fourth-order valence-electron chi connectivity index (χ4n) is 10.1.